The van der Waals surface area contributed by atoms with Crippen molar-refractivity contribution < 1.29 is 0 Å². The summed E-state index contributed by atoms with van der Waals surface area (Å²) in [6, 6.07) is 0. The minimum absolute atomic E-state index is 0.574. The Bertz CT molecular complexity index is 295. The first-order valence-corrected chi connectivity index (χ1v) is 5.53. The molecule has 1 aromatic rings. The van der Waals surface area contributed by atoms with Gasteiger partial charge in [0.25, 0.3) is 0 Å². The van der Waals surface area contributed by atoms with Gasteiger partial charge in [0.2, 0.25) is 0 Å². The maximum atomic E-state index is 5.57. The van der Waals surface area contributed by atoms with E-state index in [1.807, 2.05) is 6.20 Å². The summed E-state index contributed by atoms with van der Waals surface area (Å²) in [6.07, 6.45) is 5.43. The van der Waals surface area contributed by atoms with Crippen LogP contribution < -0.4 is 5.73 Å². The van der Waals surface area contributed by atoms with E-state index in [0.29, 0.717) is 5.92 Å². The van der Waals surface area contributed by atoms with Gasteiger partial charge in [0, 0.05) is 12.5 Å². The van der Waals surface area contributed by atoms with E-state index < -0.39 is 0 Å². The summed E-state index contributed by atoms with van der Waals surface area (Å²) in [6.45, 7) is 1.85. The number of imidazole rings is 1. The van der Waals surface area contributed by atoms with Crippen molar-refractivity contribution in [2.75, 3.05) is 6.54 Å². The largest absolute Gasteiger partial charge is 0.330 e. The zero-order chi connectivity index (χ0) is 9.26. The molecule has 0 saturated carbocycles. The van der Waals surface area contributed by atoms with E-state index in [0.717, 1.165) is 24.1 Å². The molecular weight excluding hydrogens is 230 g/mol. The van der Waals surface area contributed by atoms with Crippen LogP contribution in [0.5, 0.6) is 0 Å². The normalized spacial score (nSPS) is 21.5. The molecule has 0 bridgehead atoms. The molecule has 0 fully saturated rings. The lowest BCUT2D eigenvalue weighted by Gasteiger charge is -2.23. The number of nitrogens with zero attached hydrogens (tertiary/aromatic N) is 2. The van der Waals surface area contributed by atoms with Gasteiger partial charge in [-0.3, -0.25) is 0 Å². The van der Waals surface area contributed by atoms with Gasteiger partial charge in [-0.1, -0.05) is 0 Å². The van der Waals surface area contributed by atoms with E-state index in [1.165, 1.54) is 18.7 Å². The van der Waals surface area contributed by atoms with Gasteiger partial charge in [-0.05, 0) is 41.7 Å². The Balaban J connectivity index is 2.27. The number of hydrogen-bond acceptors (Lipinski definition) is 2. The highest BCUT2D eigenvalue weighted by molar-refractivity contribution is 9.10. The predicted molar refractivity (Wildman–Crippen MR) is 55.6 cm³/mol. The molecule has 2 rings (SSSR count). The van der Waals surface area contributed by atoms with Crippen molar-refractivity contribution in [2.24, 2.45) is 5.73 Å². The number of rotatable bonds is 2. The second-order valence-electron chi connectivity index (χ2n) is 3.51. The standard InChI is InChI=1S/C9H14BrN3/c10-8-6-12-9-7(3-4-11)2-1-5-13(8)9/h6-7H,1-5,11H2. The van der Waals surface area contributed by atoms with Crippen LogP contribution in [0.3, 0.4) is 0 Å². The Hall–Kier alpha value is -0.350. The van der Waals surface area contributed by atoms with E-state index in [2.05, 4.69) is 25.5 Å². The topological polar surface area (TPSA) is 43.8 Å². The molecule has 1 aromatic heterocycles. The van der Waals surface area contributed by atoms with Crippen LogP contribution in [-0.2, 0) is 6.54 Å². The third-order valence-corrected chi connectivity index (χ3v) is 3.29. The molecule has 72 valence electrons. The van der Waals surface area contributed by atoms with Crippen molar-refractivity contribution in [3.8, 4) is 0 Å². The lowest BCUT2D eigenvalue weighted by atomic mass is 9.96. The zero-order valence-electron chi connectivity index (χ0n) is 7.54. The molecule has 13 heavy (non-hydrogen) atoms. The van der Waals surface area contributed by atoms with Gasteiger partial charge in [0.15, 0.2) is 0 Å². The van der Waals surface area contributed by atoms with Crippen molar-refractivity contribution in [1.82, 2.24) is 9.55 Å². The van der Waals surface area contributed by atoms with Gasteiger partial charge in [-0.2, -0.15) is 0 Å². The second kappa shape index (κ2) is 3.80. The average Bonchev–Trinajstić information content (AvgIpc) is 2.50. The van der Waals surface area contributed by atoms with Crippen LogP contribution in [0.1, 0.15) is 31.0 Å². The van der Waals surface area contributed by atoms with Crippen LogP contribution >= 0.6 is 15.9 Å². The highest BCUT2D eigenvalue weighted by atomic mass is 79.9. The fourth-order valence-corrected chi connectivity index (χ4v) is 2.48. The Morgan fingerprint density at radius 2 is 2.54 bits per heavy atom. The van der Waals surface area contributed by atoms with Crippen molar-refractivity contribution >= 4 is 15.9 Å². The summed E-state index contributed by atoms with van der Waals surface area (Å²) in [5.41, 5.74) is 5.57. The Kier molecular flexibility index (Phi) is 2.69. The summed E-state index contributed by atoms with van der Waals surface area (Å²) in [5.74, 6) is 1.79. The summed E-state index contributed by atoms with van der Waals surface area (Å²) in [5, 5.41) is 0. The third-order valence-electron chi connectivity index (χ3n) is 2.65. The molecular formula is C9H14BrN3. The second-order valence-corrected chi connectivity index (χ2v) is 4.32. The minimum Gasteiger partial charge on any atom is -0.330 e. The number of nitrogens with two attached hydrogens (primary N) is 1. The van der Waals surface area contributed by atoms with Crippen LogP contribution in [0, 0.1) is 0 Å². The lowest BCUT2D eigenvalue weighted by Crippen LogP contribution is -2.18. The van der Waals surface area contributed by atoms with Crippen LogP contribution in [-0.4, -0.2) is 16.1 Å². The van der Waals surface area contributed by atoms with Crippen molar-refractivity contribution in [3.05, 3.63) is 16.6 Å². The van der Waals surface area contributed by atoms with Crippen molar-refractivity contribution in [1.29, 1.82) is 0 Å². The van der Waals surface area contributed by atoms with Gasteiger partial charge < -0.3 is 10.3 Å². The molecule has 0 radical (unpaired) electrons. The molecule has 2 N–H and O–H groups in total. The fourth-order valence-electron chi connectivity index (χ4n) is 2.01. The van der Waals surface area contributed by atoms with Crippen LogP contribution in [0.25, 0.3) is 0 Å². The molecule has 0 amide bonds. The number of halogens is 1. The van der Waals surface area contributed by atoms with E-state index in [-0.39, 0.29) is 0 Å². The maximum Gasteiger partial charge on any atom is 0.112 e. The third kappa shape index (κ3) is 1.65. The van der Waals surface area contributed by atoms with E-state index in [9.17, 15) is 0 Å². The molecule has 1 atom stereocenters. The number of aromatic nitrogens is 2. The molecule has 2 heterocycles. The van der Waals surface area contributed by atoms with Crippen LogP contribution in [0.2, 0.25) is 0 Å². The summed E-state index contributed by atoms with van der Waals surface area (Å²) >= 11 is 3.50. The smallest absolute Gasteiger partial charge is 0.112 e. The summed E-state index contributed by atoms with van der Waals surface area (Å²) in [7, 11) is 0. The summed E-state index contributed by atoms with van der Waals surface area (Å²) < 4.78 is 3.35. The first-order chi connectivity index (χ1) is 6.33. The minimum atomic E-state index is 0.574. The SMILES string of the molecule is NCCC1CCCn2c(Br)cnc21. The Labute approximate surface area is 86.5 Å². The van der Waals surface area contributed by atoms with E-state index in [1.54, 1.807) is 0 Å². The van der Waals surface area contributed by atoms with Crippen LogP contribution in [0.4, 0.5) is 0 Å². The highest BCUT2D eigenvalue weighted by Crippen LogP contribution is 2.31. The molecule has 1 unspecified atom stereocenters. The Morgan fingerprint density at radius 3 is 3.31 bits per heavy atom. The predicted octanol–water partition coefficient (Wildman–Crippen LogP) is 1.87. The fraction of sp³-hybridized carbons (Fsp3) is 0.667. The molecule has 0 aromatic carbocycles. The Morgan fingerprint density at radius 1 is 1.69 bits per heavy atom. The first-order valence-electron chi connectivity index (χ1n) is 4.74. The molecule has 0 aliphatic carbocycles. The monoisotopic (exact) mass is 243 g/mol. The van der Waals surface area contributed by atoms with Gasteiger partial charge in [-0.25, -0.2) is 4.98 Å². The van der Waals surface area contributed by atoms with Crippen LogP contribution in [0.15, 0.2) is 10.8 Å². The van der Waals surface area contributed by atoms with Gasteiger partial charge in [-0.15, -0.1) is 0 Å². The van der Waals surface area contributed by atoms with Crippen molar-refractivity contribution in [3.63, 3.8) is 0 Å². The molecule has 0 spiro atoms. The number of hydrogen-bond donors (Lipinski definition) is 1. The summed E-state index contributed by atoms with van der Waals surface area (Å²) in [4.78, 5) is 4.42. The van der Waals surface area contributed by atoms with Gasteiger partial charge >= 0.3 is 0 Å². The molecule has 3 nitrogen and oxygen atoms in total. The zero-order valence-corrected chi connectivity index (χ0v) is 9.13. The quantitative estimate of drug-likeness (QED) is 0.863. The number of fused-ring (bicyclic) bond motifs is 1. The van der Waals surface area contributed by atoms with Gasteiger partial charge in [0.1, 0.15) is 10.4 Å². The van der Waals surface area contributed by atoms with E-state index in [4.69, 9.17) is 5.73 Å². The van der Waals surface area contributed by atoms with E-state index >= 15 is 0 Å². The molecule has 4 heteroatoms. The van der Waals surface area contributed by atoms with Gasteiger partial charge in [0.05, 0.1) is 6.20 Å². The maximum absolute atomic E-state index is 5.57. The molecule has 1 aliphatic rings. The average molecular weight is 244 g/mol. The molecule has 1 aliphatic heterocycles. The van der Waals surface area contributed by atoms with Crippen molar-refractivity contribution in [2.45, 2.75) is 31.7 Å². The molecule has 0 saturated heterocycles. The highest BCUT2D eigenvalue weighted by Gasteiger charge is 2.22. The lowest BCUT2D eigenvalue weighted by molar-refractivity contribution is 0.424. The first kappa shape index (κ1) is 9.21.